The summed E-state index contributed by atoms with van der Waals surface area (Å²) < 4.78 is 7.68. The zero-order valence-electron chi connectivity index (χ0n) is 19.8. The van der Waals surface area contributed by atoms with Gasteiger partial charge in [0.25, 0.3) is 5.56 Å². The number of hydrogen-bond donors (Lipinski definition) is 0. The van der Waals surface area contributed by atoms with E-state index in [1.165, 1.54) is 23.0 Å². The molecule has 0 unspecified atom stereocenters. The van der Waals surface area contributed by atoms with Gasteiger partial charge in [-0.2, -0.15) is 9.78 Å². The summed E-state index contributed by atoms with van der Waals surface area (Å²) >= 11 is 15.4. The number of nitrogens with zero attached hydrogens (tertiary/aromatic N) is 4. The average molecular weight is 604 g/mol. The Labute approximate surface area is 230 Å². The lowest BCUT2D eigenvalue weighted by Gasteiger charge is -2.14. The fourth-order valence-electron chi connectivity index (χ4n) is 3.57. The molecule has 0 amide bonds. The van der Waals surface area contributed by atoms with E-state index in [2.05, 4.69) is 26.0 Å². The van der Waals surface area contributed by atoms with Crippen LogP contribution in [0.5, 0.6) is 5.75 Å². The van der Waals surface area contributed by atoms with Crippen LogP contribution in [0, 0.1) is 10.1 Å². The van der Waals surface area contributed by atoms with Crippen LogP contribution in [0.1, 0.15) is 43.1 Å². The molecule has 1 atom stereocenters. The Hall–Kier alpha value is -3.27. The molecule has 37 heavy (non-hydrogen) atoms. The van der Waals surface area contributed by atoms with Crippen molar-refractivity contribution in [3.05, 3.63) is 107 Å². The van der Waals surface area contributed by atoms with Gasteiger partial charge in [-0.15, -0.1) is 0 Å². The summed E-state index contributed by atoms with van der Waals surface area (Å²) in [6.07, 6.45) is 2.15. The van der Waals surface area contributed by atoms with Gasteiger partial charge in [0, 0.05) is 22.0 Å². The first-order chi connectivity index (χ1) is 17.7. The Balaban J connectivity index is 1.68. The van der Waals surface area contributed by atoms with E-state index in [0.29, 0.717) is 37.9 Å². The van der Waals surface area contributed by atoms with Crippen LogP contribution in [0.4, 0.5) is 5.69 Å². The molecule has 0 saturated heterocycles. The van der Waals surface area contributed by atoms with E-state index in [0.717, 1.165) is 10.9 Å². The Kier molecular flexibility index (Phi) is 8.26. The third-order valence-corrected chi connectivity index (χ3v) is 7.00. The van der Waals surface area contributed by atoms with Gasteiger partial charge in [0.15, 0.2) is 5.75 Å². The van der Waals surface area contributed by atoms with Crippen LogP contribution in [0.15, 0.2) is 69.0 Å². The van der Waals surface area contributed by atoms with Crippen molar-refractivity contribution < 1.29 is 9.66 Å². The molecule has 0 aliphatic carbocycles. The first-order valence-electron chi connectivity index (χ1n) is 11.3. The lowest BCUT2D eigenvalue weighted by Crippen LogP contribution is -2.23. The normalized spacial score (nSPS) is 12.2. The number of ether oxygens (including phenoxy) is 1. The Morgan fingerprint density at radius 1 is 1.16 bits per heavy atom. The number of aromatic nitrogens is 2. The molecule has 1 aromatic heterocycles. The third-order valence-electron chi connectivity index (χ3n) is 5.77. The molecule has 0 spiro atoms. The molecular formula is C26H21BrCl2N4O4. The molecular weight excluding hydrogens is 583 g/mol. The molecule has 8 nitrogen and oxygen atoms in total. The second-order valence-electron chi connectivity index (χ2n) is 8.32. The third kappa shape index (κ3) is 6.01. The molecule has 0 aliphatic rings. The SMILES string of the molecule is CC[C@@H](C)c1nc2ccc(Br)cc2c(=O)n1N=Cc1ccc(OCc2ccc(Cl)c(Cl)c2)c([N+](=O)[O-])c1. The van der Waals surface area contributed by atoms with E-state index in [1.54, 1.807) is 36.4 Å². The summed E-state index contributed by atoms with van der Waals surface area (Å²) in [7, 11) is 0. The van der Waals surface area contributed by atoms with Crippen molar-refractivity contribution in [3.8, 4) is 5.75 Å². The Morgan fingerprint density at radius 3 is 2.65 bits per heavy atom. The van der Waals surface area contributed by atoms with Crippen LogP contribution in [-0.2, 0) is 6.61 Å². The van der Waals surface area contributed by atoms with Gasteiger partial charge in [-0.3, -0.25) is 14.9 Å². The van der Waals surface area contributed by atoms with Gasteiger partial charge in [0.05, 0.1) is 32.1 Å². The number of nitro benzene ring substituents is 1. The molecule has 0 bridgehead atoms. The van der Waals surface area contributed by atoms with E-state index < -0.39 is 4.92 Å². The molecule has 3 aromatic carbocycles. The minimum absolute atomic E-state index is 0.0376. The highest BCUT2D eigenvalue weighted by atomic mass is 79.9. The van der Waals surface area contributed by atoms with Gasteiger partial charge >= 0.3 is 5.69 Å². The maximum atomic E-state index is 13.3. The minimum Gasteiger partial charge on any atom is -0.482 e. The van der Waals surface area contributed by atoms with Gasteiger partial charge in [0.2, 0.25) is 0 Å². The number of benzene rings is 3. The number of rotatable bonds is 8. The number of halogens is 3. The molecule has 190 valence electrons. The Bertz CT molecular complexity index is 1590. The Morgan fingerprint density at radius 2 is 1.95 bits per heavy atom. The van der Waals surface area contributed by atoms with E-state index in [4.69, 9.17) is 27.9 Å². The van der Waals surface area contributed by atoms with Crippen LogP contribution < -0.4 is 10.3 Å². The molecule has 1 heterocycles. The molecule has 0 aliphatic heterocycles. The monoisotopic (exact) mass is 602 g/mol. The van der Waals surface area contributed by atoms with Crippen molar-refractivity contribution >= 4 is 61.9 Å². The fourth-order valence-corrected chi connectivity index (χ4v) is 4.26. The van der Waals surface area contributed by atoms with Crippen LogP contribution in [-0.4, -0.2) is 20.8 Å². The number of nitro groups is 1. The summed E-state index contributed by atoms with van der Waals surface area (Å²) in [6, 6.07) is 14.8. The molecule has 0 fully saturated rings. The van der Waals surface area contributed by atoms with Crippen molar-refractivity contribution in [1.82, 2.24) is 9.66 Å². The van der Waals surface area contributed by atoms with Crippen molar-refractivity contribution in [2.24, 2.45) is 5.10 Å². The van der Waals surface area contributed by atoms with Crippen molar-refractivity contribution in [3.63, 3.8) is 0 Å². The van der Waals surface area contributed by atoms with Gasteiger partial charge in [0.1, 0.15) is 12.4 Å². The van der Waals surface area contributed by atoms with Crippen LogP contribution >= 0.6 is 39.1 Å². The van der Waals surface area contributed by atoms with E-state index in [9.17, 15) is 14.9 Å². The molecule has 0 N–H and O–H groups in total. The highest BCUT2D eigenvalue weighted by Gasteiger charge is 2.18. The van der Waals surface area contributed by atoms with Crippen molar-refractivity contribution in [2.45, 2.75) is 32.8 Å². The topological polar surface area (TPSA) is 99.6 Å². The van der Waals surface area contributed by atoms with Crippen molar-refractivity contribution in [2.75, 3.05) is 0 Å². The predicted octanol–water partition coefficient (Wildman–Crippen LogP) is 7.35. The lowest BCUT2D eigenvalue weighted by atomic mass is 10.1. The van der Waals surface area contributed by atoms with Crippen LogP contribution in [0.25, 0.3) is 10.9 Å². The predicted molar refractivity (Wildman–Crippen MR) is 149 cm³/mol. The second-order valence-corrected chi connectivity index (χ2v) is 10.1. The summed E-state index contributed by atoms with van der Waals surface area (Å²) in [6.45, 7) is 4.02. The van der Waals surface area contributed by atoms with Gasteiger partial charge < -0.3 is 4.74 Å². The summed E-state index contributed by atoms with van der Waals surface area (Å²) in [4.78, 5) is 29.2. The highest BCUT2D eigenvalue weighted by molar-refractivity contribution is 9.10. The molecule has 11 heteroatoms. The zero-order valence-corrected chi connectivity index (χ0v) is 22.9. The first kappa shape index (κ1) is 26.8. The van der Waals surface area contributed by atoms with Crippen LogP contribution in [0.2, 0.25) is 10.0 Å². The van der Waals surface area contributed by atoms with E-state index >= 15 is 0 Å². The maximum Gasteiger partial charge on any atom is 0.311 e. The zero-order chi connectivity index (χ0) is 26.7. The molecule has 4 aromatic rings. The highest BCUT2D eigenvalue weighted by Crippen LogP contribution is 2.29. The fraction of sp³-hybridized carbons (Fsp3) is 0.192. The smallest absolute Gasteiger partial charge is 0.311 e. The van der Waals surface area contributed by atoms with E-state index in [-0.39, 0.29) is 29.5 Å². The molecule has 0 saturated carbocycles. The summed E-state index contributed by atoms with van der Waals surface area (Å²) in [5.41, 5.74) is 1.15. The average Bonchev–Trinajstić information content (AvgIpc) is 2.88. The van der Waals surface area contributed by atoms with Crippen molar-refractivity contribution in [1.29, 1.82) is 0 Å². The maximum absolute atomic E-state index is 13.3. The second kappa shape index (κ2) is 11.4. The quantitative estimate of drug-likeness (QED) is 0.119. The van der Waals surface area contributed by atoms with Gasteiger partial charge in [-0.1, -0.05) is 59.0 Å². The van der Waals surface area contributed by atoms with Gasteiger partial charge in [-0.05, 0) is 54.4 Å². The molecule has 4 rings (SSSR count). The lowest BCUT2D eigenvalue weighted by molar-refractivity contribution is -0.385. The summed E-state index contributed by atoms with van der Waals surface area (Å²) in [5, 5.41) is 17.3. The number of hydrogen-bond acceptors (Lipinski definition) is 6. The van der Waals surface area contributed by atoms with E-state index in [1.807, 2.05) is 19.9 Å². The standard InChI is InChI=1S/C26H21BrCl2N4O4/c1-3-15(2)25-31-22-8-6-18(27)12-19(22)26(34)32(25)30-13-16-5-9-24(23(11-16)33(35)36)37-14-17-4-7-20(28)21(29)10-17/h4-13,15H,3,14H2,1-2H3/t15-/m1/s1. The van der Waals surface area contributed by atoms with Crippen LogP contribution in [0.3, 0.4) is 0 Å². The number of fused-ring (bicyclic) bond motifs is 1. The largest absolute Gasteiger partial charge is 0.482 e. The molecule has 0 radical (unpaired) electrons. The minimum atomic E-state index is -0.534. The summed E-state index contributed by atoms with van der Waals surface area (Å²) in [5.74, 6) is 0.557. The van der Waals surface area contributed by atoms with Gasteiger partial charge in [-0.25, -0.2) is 4.98 Å². The first-order valence-corrected chi connectivity index (χ1v) is 12.8.